The summed E-state index contributed by atoms with van der Waals surface area (Å²) in [7, 11) is 1.61. The van der Waals surface area contributed by atoms with E-state index in [2.05, 4.69) is 16.0 Å². The zero-order valence-electron chi connectivity index (χ0n) is 24.3. The minimum atomic E-state index is -0.885. The number of alkyl carbamates (subject to hydrolysis) is 1. The van der Waals surface area contributed by atoms with Crippen LogP contribution in [0.5, 0.6) is 5.75 Å². The van der Waals surface area contributed by atoms with Crippen LogP contribution in [0.3, 0.4) is 0 Å². The lowest BCUT2D eigenvalue weighted by Crippen LogP contribution is -2.59. The maximum atomic E-state index is 13.9. The Balaban J connectivity index is 1.66. The lowest BCUT2D eigenvalue weighted by Gasteiger charge is -2.32. The van der Waals surface area contributed by atoms with Gasteiger partial charge >= 0.3 is 6.09 Å². The number of methoxy groups -OCH3 is 1. The first-order valence-corrected chi connectivity index (χ1v) is 14.2. The molecule has 2 saturated heterocycles. The van der Waals surface area contributed by atoms with Crippen LogP contribution in [-0.2, 0) is 25.5 Å². The Morgan fingerprint density at radius 3 is 2.38 bits per heavy atom. The van der Waals surface area contributed by atoms with Crippen molar-refractivity contribution in [2.24, 2.45) is 11.7 Å². The maximum Gasteiger partial charge on any atom is 0.408 e. The van der Waals surface area contributed by atoms with Crippen LogP contribution in [-0.4, -0.2) is 78.7 Å². The van der Waals surface area contributed by atoms with Crippen molar-refractivity contribution >= 4 is 23.8 Å². The Hall–Kier alpha value is -3.34. The number of amides is 4. The van der Waals surface area contributed by atoms with Crippen LogP contribution in [0.1, 0.15) is 65.4 Å². The number of hydrogen-bond donors (Lipinski definition) is 4. The Morgan fingerprint density at radius 2 is 1.77 bits per heavy atom. The van der Waals surface area contributed by atoms with Crippen LogP contribution < -0.4 is 26.4 Å². The molecule has 2 fully saturated rings. The number of nitrogens with zero attached hydrogens (tertiary/aromatic N) is 1. The van der Waals surface area contributed by atoms with Gasteiger partial charge in [-0.2, -0.15) is 0 Å². The summed E-state index contributed by atoms with van der Waals surface area (Å²) in [5.74, 6) is -0.485. The standard InChI is InChI=1S/C29H45N5O6/c1-6-22(32-28(38)40-29(2,3)4)25(35)33-24-19(17-30)9-10-20-11-14-23(34(20)27(24)37)26(36)31-16-15-18-7-12-21(39-5)13-8-18/h7-8,12-13,19-20,22-24H,6,9-11,14-17,30H2,1-5H3,(H,31,36)(H,32,38)(H,33,35)/t19?,20?,22-,23?,24?/m0/s1. The minimum Gasteiger partial charge on any atom is -0.497 e. The van der Waals surface area contributed by atoms with Crippen LogP contribution in [0.25, 0.3) is 0 Å². The van der Waals surface area contributed by atoms with Gasteiger partial charge in [0.2, 0.25) is 17.7 Å². The molecule has 0 bridgehead atoms. The Morgan fingerprint density at radius 1 is 1.10 bits per heavy atom. The second kappa shape index (κ2) is 13.8. The molecule has 40 heavy (non-hydrogen) atoms. The van der Waals surface area contributed by atoms with Crippen LogP contribution in [0.15, 0.2) is 24.3 Å². The molecule has 5 atom stereocenters. The van der Waals surface area contributed by atoms with E-state index < -0.39 is 35.7 Å². The molecule has 2 heterocycles. The molecule has 4 amide bonds. The van der Waals surface area contributed by atoms with Crippen molar-refractivity contribution in [2.75, 3.05) is 20.2 Å². The lowest BCUT2D eigenvalue weighted by molar-refractivity contribution is -0.143. The predicted molar refractivity (Wildman–Crippen MR) is 151 cm³/mol. The number of ether oxygens (including phenoxy) is 2. The summed E-state index contributed by atoms with van der Waals surface area (Å²) in [5, 5.41) is 8.43. The van der Waals surface area contributed by atoms with Gasteiger partial charge in [0.1, 0.15) is 29.5 Å². The SMILES string of the molecule is CC[C@H](NC(=O)OC(C)(C)C)C(=O)NC1C(=O)N2C(CCC1CN)CCC2C(=O)NCCc1ccc(OC)cc1. The van der Waals surface area contributed by atoms with Crippen molar-refractivity contribution < 1.29 is 28.7 Å². The van der Waals surface area contributed by atoms with Gasteiger partial charge in [0.25, 0.3) is 0 Å². The average Bonchev–Trinajstić information content (AvgIpc) is 3.29. The van der Waals surface area contributed by atoms with Gasteiger partial charge in [0.05, 0.1) is 7.11 Å². The van der Waals surface area contributed by atoms with Gasteiger partial charge < -0.3 is 36.1 Å². The molecule has 3 rings (SSSR count). The van der Waals surface area contributed by atoms with E-state index >= 15 is 0 Å². The van der Waals surface area contributed by atoms with E-state index in [0.29, 0.717) is 38.6 Å². The Labute approximate surface area is 236 Å². The van der Waals surface area contributed by atoms with Gasteiger partial charge in [-0.1, -0.05) is 19.1 Å². The van der Waals surface area contributed by atoms with Crippen LogP contribution in [0.2, 0.25) is 0 Å². The highest BCUT2D eigenvalue weighted by Crippen LogP contribution is 2.34. The third-order valence-electron chi connectivity index (χ3n) is 7.56. The van der Waals surface area contributed by atoms with E-state index in [9.17, 15) is 19.2 Å². The van der Waals surface area contributed by atoms with Gasteiger partial charge in [-0.15, -0.1) is 0 Å². The van der Waals surface area contributed by atoms with Gasteiger partial charge in [-0.05, 0) is 83.5 Å². The lowest BCUT2D eigenvalue weighted by atomic mass is 9.93. The largest absolute Gasteiger partial charge is 0.497 e. The molecule has 4 unspecified atom stereocenters. The fourth-order valence-corrected chi connectivity index (χ4v) is 5.42. The van der Waals surface area contributed by atoms with Crippen molar-refractivity contribution in [1.82, 2.24) is 20.9 Å². The number of benzene rings is 1. The minimum absolute atomic E-state index is 0.0809. The number of rotatable bonds is 10. The average molecular weight is 560 g/mol. The second-order valence-electron chi connectivity index (χ2n) is 11.5. The van der Waals surface area contributed by atoms with Crippen LogP contribution in [0.4, 0.5) is 4.79 Å². The summed E-state index contributed by atoms with van der Waals surface area (Å²) >= 11 is 0. The molecule has 5 N–H and O–H groups in total. The van der Waals surface area contributed by atoms with Gasteiger partial charge in [-0.3, -0.25) is 14.4 Å². The molecular weight excluding hydrogens is 514 g/mol. The first-order chi connectivity index (χ1) is 19.0. The first-order valence-electron chi connectivity index (χ1n) is 14.2. The number of fused-ring (bicyclic) bond motifs is 1. The predicted octanol–water partition coefficient (Wildman–Crippen LogP) is 1.87. The van der Waals surface area contributed by atoms with Crippen molar-refractivity contribution in [1.29, 1.82) is 0 Å². The summed E-state index contributed by atoms with van der Waals surface area (Å²) in [4.78, 5) is 54.2. The molecule has 2 aliphatic rings. The fraction of sp³-hybridized carbons (Fsp3) is 0.655. The molecule has 222 valence electrons. The maximum absolute atomic E-state index is 13.9. The van der Waals surface area contributed by atoms with E-state index in [4.69, 9.17) is 15.2 Å². The number of carbonyl (C=O) groups is 4. The first kappa shape index (κ1) is 31.2. The number of nitrogens with two attached hydrogens (primary N) is 1. The molecule has 0 aliphatic carbocycles. The third-order valence-corrected chi connectivity index (χ3v) is 7.56. The van der Waals surface area contributed by atoms with E-state index in [-0.39, 0.29) is 30.3 Å². The summed E-state index contributed by atoms with van der Waals surface area (Å²) in [6.45, 7) is 7.63. The molecular formula is C29H45N5O6. The molecule has 0 radical (unpaired) electrons. The highest BCUT2D eigenvalue weighted by molar-refractivity contribution is 5.94. The van der Waals surface area contributed by atoms with E-state index in [0.717, 1.165) is 17.7 Å². The molecule has 11 nitrogen and oxygen atoms in total. The monoisotopic (exact) mass is 559 g/mol. The molecule has 1 aromatic carbocycles. The fourth-order valence-electron chi connectivity index (χ4n) is 5.42. The molecule has 0 saturated carbocycles. The molecule has 0 aromatic heterocycles. The highest BCUT2D eigenvalue weighted by Gasteiger charge is 2.47. The van der Waals surface area contributed by atoms with E-state index in [1.165, 1.54) is 0 Å². The molecule has 2 aliphatic heterocycles. The van der Waals surface area contributed by atoms with Crippen molar-refractivity contribution in [3.05, 3.63) is 29.8 Å². The molecule has 1 aromatic rings. The normalized spacial score (nSPS) is 23.4. The van der Waals surface area contributed by atoms with E-state index in [1.807, 2.05) is 24.3 Å². The Bertz CT molecular complexity index is 1040. The summed E-state index contributed by atoms with van der Waals surface area (Å²) in [5.41, 5.74) is 6.40. The van der Waals surface area contributed by atoms with Crippen molar-refractivity contribution in [3.8, 4) is 5.75 Å². The topological polar surface area (TPSA) is 152 Å². The molecule has 0 spiro atoms. The smallest absolute Gasteiger partial charge is 0.408 e. The van der Waals surface area contributed by atoms with Gasteiger partial charge in [-0.25, -0.2) is 4.79 Å². The number of carbonyl (C=O) groups excluding carboxylic acids is 4. The molecule has 11 heteroatoms. The highest BCUT2D eigenvalue weighted by atomic mass is 16.6. The quantitative estimate of drug-likeness (QED) is 0.341. The summed E-state index contributed by atoms with van der Waals surface area (Å²) in [6, 6.07) is 5.22. The number of hydrogen-bond acceptors (Lipinski definition) is 7. The summed E-state index contributed by atoms with van der Waals surface area (Å²) in [6.07, 6.45) is 2.90. The van der Waals surface area contributed by atoms with Crippen LogP contribution in [0, 0.1) is 5.92 Å². The van der Waals surface area contributed by atoms with Crippen molar-refractivity contribution in [3.63, 3.8) is 0 Å². The van der Waals surface area contributed by atoms with Crippen molar-refractivity contribution in [2.45, 2.75) is 96.0 Å². The zero-order valence-corrected chi connectivity index (χ0v) is 24.3. The third kappa shape index (κ3) is 8.09. The van der Waals surface area contributed by atoms with Crippen LogP contribution >= 0.6 is 0 Å². The second-order valence-corrected chi connectivity index (χ2v) is 11.5. The van der Waals surface area contributed by atoms with Gasteiger partial charge in [0.15, 0.2) is 0 Å². The summed E-state index contributed by atoms with van der Waals surface area (Å²) < 4.78 is 10.5. The number of nitrogens with one attached hydrogen (secondary N) is 3. The zero-order chi connectivity index (χ0) is 29.4. The van der Waals surface area contributed by atoms with E-state index in [1.54, 1.807) is 39.7 Å². The Kier molecular flexibility index (Phi) is 10.8. The van der Waals surface area contributed by atoms with Gasteiger partial charge in [0, 0.05) is 18.5 Å².